The maximum atomic E-state index is 12.2. The molecule has 2 aromatic rings. The smallest absolute Gasteiger partial charge is 0.394 e. The molecule has 3 nitrogen and oxygen atoms in total. The lowest BCUT2D eigenvalue weighted by atomic mass is 10.0. The summed E-state index contributed by atoms with van der Waals surface area (Å²) in [5, 5.41) is 12.4. The van der Waals surface area contributed by atoms with Crippen molar-refractivity contribution in [3.05, 3.63) is 41.6 Å². The van der Waals surface area contributed by atoms with E-state index in [2.05, 4.69) is 10.3 Å². The van der Waals surface area contributed by atoms with Crippen LogP contribution in [0.1, 0.15) is 17.3 Å². The minimum atomic E-state index is -4.30. The van der Waals surface area contributed by atoms with E-state index in [0.29, 0.717) is 5.56 Å². The predicted octanol–water partition coefficient (Wildman–Crippen LogP) is 2.73. The third kappa shape index (κ3) is 3.68. The van der Waals surface area contributed by atoms with Gasteiger partial charge in [0.05, 0.1) is 24.7 Å². The number of pyridine rings is 1. The zero-order chi connectivity index (χ0) is 14.8. The molecule has 0 aliphatic rings. The molecule has 0 spiro atoms. The molecule has 0 saturated carbocycles. The highest BCUT2D eigenvalue weighted by Crippen LogP contribution is 2.21. The number of aliphatic hydroxyl groups is 1. The van der Waals surface area contributed by atoms with Gasteiger partial charge >= 0.3 is 6.18 Å². The van der Waals surface area contributed by atoms with E-state index in [9.17, 15) is 18.3 Å². The highest BCUT2D eigenvalue weighted by Gasteiger charge is 2.28. The molecular weight excluding hydrogens is 269 g/mol. The second kappa shape index (κ2) is 5.76. The fourth-order valence-corrected chi connectivity index (χ4v) is 1.99. The number of aromatic nitrogens is 1. The van der Waals surface area contributed by atoms with E-state index in [4.69, 9.17) is 0 Å². The van der Waals surface area contributed by atoms with E-state index >= 15 is 0 Å². The van der Waals surface area contributed by atoms with Crippen LogP contribution in [0.2, 0.25) is 0 Å². The fourth-order valence-electron chi connectivity index (χ4n) is 1.99. The molecule has 1 atom stereocenters. The van der Waals surface area contributed by atoms with Crippen molar-refractivity contribution in [3.8, 4) is 0 Å². The van der Waals surface area contributed by atoms with Crippen molar-refractivity contribution in [2.75, 3.05) is 13.2 Å². The van der Waals surface area contributed by atoms with Gasteiger partial charge in [0.2, 0.25) is 0 Å². The Balaban J connectivity index is 2.23. The van der Waals surface area contributed by atoms with Crippen LogP contribution in [0.4, 0.5) is 13.2 Å². The quantitative estimate of drug-likeness (QED) is 0.907. The summed E-state index contributed by atoms with van der Waals surface area (Å²) in [5.74, 6) is 0. The fraction of sp³-hybridized carbons (Fsp3) is 0.357. The summed E-state index contributed by atoms with van der Waals surface area (Å²) >= 11 is 0. The van der Waals surface area contributed by atoms with Gasteiger partial charge in [-0.1, -0.05) is 12.1 Å². The zero-order valence-electron chi connectivity index (χ0n) is 10.9. The summed E-state index contributed by atoms with van der Waals surface area (Å²) in [4.78, 5) is 4.32. The van der Waals surface area contributed by atoms with E-state index < -0.39 is 25.4 Å². The number of benzene rings is 1. The summed E-state index contributed by atoms with van der Waals surface area (Å²) < 4.78 is 36.6. The van der Waals surface area contributed by atoms with Crippen LogP contribution in [-0.2, 0) is 0 Å². The number of nitrogens with zero attached hydrogens (tertiary/aromatic N) is 1. The Bertz CT molecular complexity index is 598. The lowest BCUT2D eigenvalue weighted by Gasteiger charge is -2.18. The van der Waals surface area contributed by atoms with Crippen molar-refractivity contribution in [2.24, 2.45) is 0 Å². The highest BCUT2D eigenvalue weighted by molar-refractivity contribution is 5.79. The van der Waals surface area contributed by atoms with Crippen molar-refractivity contribution in [2.45, 2.75) is 19.1 Å². The van der Waals surface area contributed by atoms with Crippen molar-refractivity contribution < 1.29 is 18.3 Å². The number of aliphatic hydroxyl groups excluding tert-OH is 1. The molecule has 2 rings (SSSR count). The zero-order valence-corrected chi connectivity index (χ0v) is 10.9. The first kappa shape index (κ1) is 14.7. The molecule has 2 N–H and O–H groups in total. The molecule has 1 unspecified atom stereocenters. The number of hydrogen-bond donors (Lipinski definition) is 2. The Hall–Kier alpha value is -1.66. The van der Waals surface area contributed by atoms with Gasteiger partial charge in [-0.2, -0.15) is 13.2 Å². The Morgan fingerprint density at radius 2 is 2.00 bits per heavy atom. The standard InChI is InChI=1S/C14H15F3N2O/c1-9-2-3-10-6-11(4-5-12(10)19-9)13(7-20)18-8-14(15,16)17/h2-6,13,18,20H,7-8H2,1H3. The van der Waals surface area contributed by atoms with Crippen LogP contribution in [0, 0.1) is 6.92 Å². The lowest BCUT2D eigenvalue weighted by Crippen LogP contribution is -2.33. The maximum Gasteiger partial charge on any atom is 0.401 e. The number of fused-ring (bicyclic) bond motifs is 1. The first-order chi connectivity index (χ1) is 9.39. The predicted molar refractivity (Wildman–Crippen MR) is 70.4 cm³/mol. The van der Waals surface area contributed by atoms with Gasteiger partial charge in [0.25, 0.3) is 0 Å². The van der Waals surface area contributed by atoms with Gasteiger partial charge in [0, 0.05) is 11.1 Å². The molecule has 0 fully saturated rings. The normalized spacial score (nSPS) is 13.7. The molecule has 0 bridgehead atoms. The van der Waals surface area contributed by atoms with Crippen molar-refractivity contribution in [1.29, 1.82) is 0 Å². The van der Waals surface area contributed by atoms with Crippen LogP contribution in [0.25, 0.3) is 10.9 Å². The van der Waals surface area contributed by atoms with Gasteiger partial charge in [-0.15, -0.1) is 0 Å². The molecule has 0 amide bonds. The van der Waals surface area contributed by atoms with Crippen LogP contribution >= 0.6 is 0 Å². The monoisotopic (exact) mass is 284 g/mol. The molecule has 1 aromatic heterocycles. The minimum Gasteiger partial charge on any atom is -0.394 e. The topological polar surface area (TPSA) is 45.1 Å². The number of halogens is 3. The molecular formula is C14H15F3N2O. The van der Waals surface area contributed by atoms with E-state index in [1.54, 1.807) is 18.2 Å². The molecule has 20 heavy (non-hydrogen) atoms. The van der Waals surface area contributed by atoms with Crippen molar-refractivity contribution in [1.82, 2.24) is 10.3 Å². The van der Waals surface area contributed by atoms with Gasteiger partial charge in [0.1, 0.15) is 0 Å². The summed E-state index contributed by atoms with van der Waals surface area (Å²) in [6, 6.07) is 8.12. The molecule has 6 heteroatoms. The minimum absolute atomic E-state index is 0.402. The molecule has 1 heterocycles. The SMILES string of the molecule is Cc1ccc2cc(C(CO)NCC(F)(F)F)ccc2n1. The first-order valence-electron chi connectivity index (χ1n) is 6.17. The summed E-state index contributed by atoms with van der Waals surface area (Å²) in [6.07, 6.45) is -4.30. The highest BCUT2D eigenvalue weighted by atomic mass is 19.4. The Kier molecular flexibility index (Phi) is 4.25. The molecule has 0 aliphatic carbocycles. The molecule has 0 aliphatic heterocycles. The van der Waals surface area contributed by atoms with Gasteiger partial charge in [0.15, 0.2) is 0 Å². The van der Waals surface area contributed by atoms with E-state index in [0.717, 1.165) is 16.6 Å². The number of rotatable bonds is 4. The third-order valence-electron chi connectivity index (χ3n) is 2.99. The lowest BCUT2D eigenvalue weighted by molar-refractivity contribution is -0.126. The number of nitrogens with one attached hydrogen (secondary N) is 1. The average Bonchev–Trinajstić information content (AvgIpc) is 2.38. The largest absolute Gasteiger partial charge is 0.401 e. The summed E-state index contributed by atoms with van der Waals surface area (Å²) in [6.45, 7) is 0.331. The number of alkyl halides is 3. The molecule has 108 valence electrons. The summed E-state index contributed by atoms with van der Waals surface area (Å²) in [5.41, 5.74) is 2.26. The second-order valence-corrected chi connectivity index (χ2v) is 4.64. The van der Waals surface area contributed by atoms with Gasteiger partial charge in [-0.3, -0.25) is 10.3 Å². The maximum absolute atomic E-state index is 12.2. The first-order valence-corrected chi connectivity index (χ1v) is 6.17. The van der Waals surface area contributed by atoms with Crippen LogP contribution in [0.3, 0.4) is 0 Å². The Morgan fingerprint density at radius 1 is 1.25 bits per heavy atom. The van der Waals surface area contributed by atoms with Gasteiger partial charge < -0.3 is 5.11 Å². The van der Waals surface area contributed by atoms with E-state index in [-0.39, 0.29) is 0 Å². The Labute approximate surface area is 114 Å². The van der Waals surface area contributed by atoms with Crippen molar-refractivity contribution >= 4 is 10.9 Å². The molecule has 0 radical (unpaired) electrons. The summed E-state index contributed by atoms with van der Waals surface area (Å²) in [7, 11) is 0. The van der Waals surface area contributed by atoms with E-state index in [1.165, 1.54) is 0 Å². The molecule has 1 aromatic carbocycles. The van der Waals surface area contributed by atoms with Crippen LogP contribution in [-0.4, -0.2) is 29.4 Å². The number of hydrogen-bond acceptors (Lipinski definition) is 3. The average molecular weight is 284 g/mol. The van der Waals surface area contributed by atoms with Crippen LogP contribution in [0.5, 0.6) is 0 Å². The van der Waals surface area contributed by atoms with Gasteiger partial charge in [-0.05, 0) is 30.7 Å². The van der Waals surface area contributed by atoms with Gasteiger partial charge in [-0.25, -0.2) is 0 Å². The Morgan fingerprint density at radius 3 is 2.65 bits per heavy atom. The van der Waals surface area contributed by atoms with Crippen molar-refractivity contribution in [3.63, 3.8) is 0 Å². The van der Waals surface area contributed by atoms with Crippen LogP contribution in [0.15, 0.2) is 30.3 Å². The van der Waals surface area contributed by atoms with E-state index in [1.807, 2.05) is 19.1 Å². The third-order valence-corrected chi connectivity index (χ3v) is 2.99. The van der Waals surface area contributed by atoms with Crippen LogP contribution < -0.4 is 5.32 Å². The molecule has 0 saturated heterocycles. The number of aryl methyl sites for hydroxylation is 1. The second-order valence-electron chi connectivity index (χ2n) is 4.64.